The van der Waals surface area contributed by atoms with Crippen molar-refractivity contribution in [1.29, 1.82) is 0 Å². The van der Waals surface area contributed by atoms with Crippen LogP contribution in [0.4, 0.5) is 5.69 Å². The molecule has 0 aromatic heterocycles. The fourth-order valence-corrected chi connectivity index (χ4v) is 4.65. The lowest BCUT2D eigenvalue weighted by atomic mass is 10.2. The van der Waals surface area contributed by atoms with Gasteiger partial charge in [0.1, 0.15) is 0 Å². The minimum atomic E-state index is -3.47. The Bertz CT molecular complexity index is 890. The van der Waals surface area contributed by atoms with Crippen LogP contribution in [0, 0.1) is 6.92 Å². The lowest BCUT2D eigenvalue weighted by Gasteiger charge is -2.24. The van der Waals surface area contributed by atoms with Crippen LogP contribution < -0.4 is 9.62 Å². The molecule has 2 aromatic carbocycles. The first-order chi connectivity index (χ1) is 13.3. The molecule has 0 spiro atoms. The number of rotatable bonds is 10. The molecule has 8 heteroatoms. The molecule has 152 valence electrons. The standard InChI is InChI=1S/C20H25ClN2O3S2/c1-16-18(21)10-6-11-19(16)23(28(2,25)26)14-7-12-20(24)22-13-15-27-17-8-4-3-5-9-17/h3-6,8-11H,7,12-15H2,1-2H3,(H,22,24). The quantitative estimate of drug-likeness (QED) is 0.446. The minimum Gasteiger partial charge on any atom is -0.355 e. The van der Waals surface area contributed by atoms with Gasteiger partial charge in [-0.25, -0.2) is 8.42 Å². The highest BCUT2D eigenvalue weighted by atomic mass is 35.5. The molecule has 0 bridgehead atoms. The molecule has 0 radical (unpaired) electrons. The summed E-state index contributed by atoms with van der Waals surface area (Å²) in [5.74, 6) is 0.706. The maximum absolute atomic E-state index is 12.2. The highest BCUT2D eigenvalue weighted by molar-refractivity contribution is 7.99. The number of carbonyl (C=O) groups excluding carboxylic acids is 1. The molecule has 0 saturated carbocycles. The van der Waals surface area contributed by atoms with E-state index >= 15 is 0 Å². The topological polar surface area (TPSA) is 66.5 Å². The second-order valence-electron chi connectivity index (χ2n) is 6.33. The van der Waals surface area contributed by atoms with E-state index in [4.69, 9.17) is 11.6 Å². The van der Waals surface area contributed by atoms with Crippen LogP contribution in [0.25, 0.3) is 0 Å². The summed E-state index contributed by atoms with van der Waals surface area (Å²) in [6.45, 7) is 2.58. The van der Waals surface area contributed by atoms with Crippen molar-refractivity contribution < 1.29 is 13.2 Å². The highest BCUT2D eigenvalue weighted by Gasteiger charge is 2.20. The predicted molar refractivity (Wildman–Crippen MR) is 118 cm³/mol. The molecule has 0 aliphatic carbocycles. The normalized spacial score (nSPS) is 11.2. The number of carbonyl (C=O) groups is 1. The molecule has 0 heterocycles. The maximum Gasteiger partial charge on any atom is 0.232 e. The van der Waals surface area contributed by atoms with Crippen LogP contribution in [0.1, 0.15) is 18.4 Å². The maximum atomic E-state index is 12.2. The SMILES string of the molecule is Cc1c(Cl)cccc1N(CCCC(=O)NCCSc1ccccc1)S(C)(=O)=O. The first-order valence-corrected chi connectivity index (χ1v) is 12.2. The number of benzene rings is 2. The van der Waals surface area contributed by atoms with Gasteiger partial charge in [0, 0.05) is 35.2 Å². The number of hydrogen-bond donors (Lipinski definition) is 1. The molecule has 0 atom stereocenters. The van der Waals surface area contributed by atoms with Crippen LogP contribution in [0.15, 0.2) is 53.4 Å². The van der Waals surface area contributed by atoms with Gasteiger partial charge in [0.15, 0.2) is 0 Å². The van der Waals surface area contributed by atoms with Crippen molar-refractivity contribution >= 4 is 45.0 Å². The molecule has 2 rings (SSSR count). The van der Waals surface area contributed by atoms with Gasteiger partial charge in [-0.05, 0) is 43.2 Å². The summed E-state index contributed by atoms with van der Waals surface area (Å²) in [4.78, 5) is 13.2. The van der Waals surface area contributed by atoms with E-state index in [0.29, 0.717) is 29.2 Å². The van der Waals surface area contributed by atoms with Crippen LogP contribution >= 0.6 is 23.4 Å². The zero-order valence-electron chi connectivity index (χ0n) is 16.0. The Morgan fingerprint density at radius 2 is 1.86 bits per heavy atom. The summed E-state index contributed by atoms with van der Waals surface area (Å²) >= 11 is 7.80. The third kappa shape index (κ3) is 7.04. The zero-order valence-corrected chi connectivity index (χ0v) is 18.4. The summed E-state index contributed by atoms with van der Waals surface area (Å²) in [5.41, 5.74) is 1.26. The van der Waals surface area contributed by atoms with Crippen LogP contribution in [0.3, 0.4) is 0 Å². The summed E-state index contributed by atoms with van der Waals surface area (Å²) < 4.78 is 25.7. The molecule has 2 aromatic rings. The summed E-state index contributed by atoms with van der Waals surface area (Å²) in [5, 5.41) is 3.39. The van der Waals surface area contributed by atoms with E-state index < -0.39 is 10.0 Å². The van der Waals surface area contributed by atoms with Gasteiger partial charge in [0.2, 0.25) is 15.9 Å². The molecule has 0 aliphatic rings. The Morgan fingerprint density at radius 1 is 1.14 bits per heavy atom. The molecule has 0 aliphatic heterocycles. The Hall–Kier alpha value is -1.70. The van der Waals surface area contributed by atoms with Crippen molar-refractivity contribution in [2.24, 2.45) is 0 Å². The Balaban J connectivity index is 1.80. The monoisotopic (exact) mass is 440 g/mol. The summed E-state index contributed by atoms with van der Waals surface area (Å²) in [6, 6.07) is 15.2. The molecule has 5 nitrogen and oxygen atoms in total. The molecule has 0 unspecified atom stereocenters. The number of halogens is 1. The Kier molecular flexibility index (Phi) is 8.66. The third-order valence-electron chi connectivity index (χ3n) is 4.11. The average molecular weight is 441 g/mol. The van der Waals surface area contributed by atoms with E-state index in [2.05, 4.69) is 5.32 Å². The van der Waals surface area contributed by atoms with Crippen molar-refractivity contribution in [1.82, 2.24) is 5.32 Å². The molecule has 28 heavy (non-hydrogen) atoms. The number of thioether (sulfide) groups is 1. The van der Waals surface area contributed by atoms with Crippen molar-refractivity contribution in [3.63, 3.8) is 0 Å². The first-order valence-electron chi connectivity index (χ1n) is 8.96. The fourth-order valence-electron chi connectivity index (χ4n) is 2.68. The molecule has 0 saturated heterocycles. The first kappa shape index (κ1) is 22.6. The van der Waals surface area contributed by atoms with E-state index in [9.17, 15) is 13.2 Å². The van der Waals surface area contributed by atoms with E-state index in [0.717, 1.165) is 16.9 Å². The lowest BCUT2D eigenvalue weighted by Crippen LogP contribution is -2.33. The van der Waals surface area contributed by atoms with Gasteiger partial charge >= 0.3 is 0 Å². The summed E-state index contributed by atoms with van der Waals surface area (Å²) in [7, 11) is -3.47. The summed E-state index contributed by atoms with van der Waals surface area (Å²) in [6.07, 6.45) is 1.85. The molecule has 1 N–H and O–H groups in total. The smallest absolute Gasteiger partial charge is 0.232 e. The zero-order chi connectivity index (χ0) is 20.6. The van der Waals surface area contributed by atoms with E-state index in [1.54, 1.807) is 36.9 Å². The van der Waals surface area contributed by atoms with Crippen molar-refractivity contribution in [3.8, 4) is 0 Å². The molecule has 0 fully saturated rings. The minimum absolute atomic E-state index is 0.0788. The van der Waals surface area contributed by atoms with Crippen LogP contribution in [0.5, 0.6) is 0 Å². The molecular weight excluding hydrogens is 416 g/mol. The van der Waals surface area contributed by atoms with E-state index in [1.807, 2.05) is 30.3 Å². The fraction of sp³-hybridized carbons (Fsp3) is 0.350. The van der Waals surface area contributed by atoms with Gasteiger partial charge in [-0.1, -0.05) is 35.9 Å². The van der Waals surface area contributed by atoms with E-state index in [-0.39, 0.29) is 18.9 Å². The largest absolute Gasteiger partial charge is 0.355 e. The lowest BCUT2D eigenvalue weighted by molar-refractivity contribution is -0.121. The average Bonchev–Trinajstić information content (AvgIpc) is 2.65. The Morgan fingerprint density at radius 3 is 2.54 bits per heavy atom. The second kappa shape index (κ2) is 10.7. The van der Waals surface area contributed by atoms with Gasteiger partial charge < -0.3 is 5.32 Å². The number of sulfonamides is 1. The molecule has 1 amide bonds. The predicted octanol–water partition coefficient (Wildman–Crippen LogP) is 4.10. The van der Waals surface area contributed by atoms with E-state index in [1.165, 1.54) is 4.31 Å². The van der Waals surface area contributed by atoms with Gasteiger partial charge in [0.05, 0.1) is 11.9 Å². The van der Waals surface area contributed by atoms with Crippen LogP contribution in [-0.4, -0.2) is 39.4 Å². The van der Waals surface area contributed by atoms with Crippen molar-refractivity contribution in [2.75, 3.05) is 29.4 Å². The number of anilines is 1. The highest BCUT2D eigenvalue weighted by Crippen LogP contribution is 2.28. The van der Waals surface area contributed by atoms with Crippen molar-refractivity contribution in [3.05, 3.63) is 59.1 Å². The van der Waals surface area contributed by atoms with Crippen LogP contribution in [-0.2, 0) is 14.8 Å². The number of nitrogens with one attached hydrogen (secondary N) is 1. The number of amides is 1. The van der Waals surface area contributed by atoms with Gasteiger partial charge in [-0.3, -0.25) is 9.10 Å². The number of hydrogen-bond acceptors (Lipinski definition) is 4. The third-order valence-corrected chi connectivity index (χ3v) is 6.71. The number of nitrogens with zero attached hydrogens (tertiary/aromatic N) is 1. The van der Waals surface area contributed by atoms with Crippen molar-refractivity contribution in [2.45, 2.75) is 24.7 Å². The van der Waals surface area contributed by atoms with Crippen LogP contribution in [0.2, 0.25) is 5.02 Å². The van der Waals surface area contributed by atoms with Gasteiger partial charge in [-0.15, -0.1) is 11.8 Å². The van der Waals surface area contributed by atoms with Gasteiger partial charge in [0.25, 0.3) is 0 Å². The molecular formula is C20H25ClN2O3S2. The Labute approximate surface area is 176 Å². The second-order valence-corrected chi connectivity index (χ2v) is 9.82. The van der Waals surface area contributed by atoms with Gasteiger partial charge in [-0.2, -0.15) is 0 Å².